The summed E-state index contributed by atoms with van der Waals surface area (Å²) >= 11 is 0. The molecule has 0 aliphatic rings. The van der Waals surface area contributed by atoms with Crippen LogP contribution in [0, 0.1) is 6.92 Å². The first-order valence-electron chi connectivity index (χ1n) is 10.9. The van der Waals surface area contributed by atoms with Crippen LogP contribution in [0.3, 0.4) is 0 Å². The molecule has 0 fully saturated rings. The second-order valence-corrected chi connectivity index (χ2v) is 8.88. The van der Waals surface area contributed by atoms with Gasteiger partial charge in [-0.05, 0) is 60.2 Å². The summed E-state index contributed by atoms with van der Waals surface area (Å²) in [6.45, 7) is 8.78. The first kappa shape index (κ1) is 23.3. The predicted octanol–water partition coefficient (Wildman–Crippen LogP) is 6.29. The van der Waals surface area contributed by atoms with Crippen LogP contribution < -0.4 is 9.47 Å². The van der Waals surface area contributed by atoms with E-state index < -0.39 is 0 Å². The molecule has 4 heteroatoms. The van der Waals surface area contributed by atoms with E-state index in [9.17, 15) is 9.59 Å². The van der Waals surface area contributed by atoms with Gasteiger partial charge in [-0.2, -0.15) is 0 Å². The number of hydrogen-bond donors (Lipinski definition) is 0. The maximum Gasteiger partial charge on any atom is 0.311 e. The van der Waals surface area contributed by atoms with Crippen LogP contribution in [0.15, 0.2) is 72.8 Å². The fourth-order valence-corrected chi connectivity index (χ4v) is 3.29. The molecule has 0 aromatic heterocycles. The van der Waals surface area contributed by atoms with Crippen molar-refractivity contribution in [2.75, 3.05) is 6.61 Å². The zero-order valence-electron chi connectivity index (χ0n) is 19.2. The number of benzene rings is 3. The molecule has 0 radical (unpaired) electrons. The van der Waals surface area contributed by atoms with Crippen LogP contribution in [0.25, 0.3) is 0 Å². The van der Waals surface area contributed by atoms with Gasteiger partial charge in [0, 0.05) is 17.5 Å². The van der Waals surface area contributed by atoms with Gasteiger partial charge in [0.1, 0.15) is 11.5 Å². The Kier molecular flexibility index (Phi) is 7.47. The molecule has 0 saturated heterocycles. The zero-order chi connectivity index (χ0) is 23.1. The number of aryl methyl sites for hydroxylation is 1. The minimum atomic E-state index is -0.318. The Hall–Kier alpha value is -3.40. The highest BCUT2D eigenvalue weighted by Crippen LogP contribution is 2.25. The number of esters is 1. The largest absolute Gasteiger partial charge is 0.494 e. The smallest absolute Gasteiger partial charge is 0.311 e. The van der Waals surface area contributed by atoms with Crippen molar-refractivity contribution in [3.8, 4) is 11.5 Å². The standard InChI is InChI=1S/C28H30O4/c1-20-19-22(27(30)21-9-6-5-7-10-21)12-17-25(20)32-26(29)11-8-18-31-24-15-13-23(14-16-24)28(2,3)4/h5-7,9-10,12-17,19H,8,11,18H2,1-4H3. The summed E-state index contributed by atoms with van der Waals surface area (Å²) in [5.74, 6) is 0.889. The van der Waals surface area contributed by atoms with E-state index in [1.54, 1.807) is 30.3 Å². The highest BCUT2D eigenvalue weighted by atomic mass is 16.5. The van der Waals surface area contributed by atoms with E-state index in [1.807, 2.05) is 37.3 Å². The van der Waals surface area contributed by atoms with Gasteiger partial charge >= 0.3 is 5.97 Å². The Morgan fingerprint density at radius 2 is 1.53 bits per heavy atom. The lowest BCUT2D eigenvalue weighted by Gasteiger charge is -2.19. The highest BCUT2D eigenvalue weighted by Gasteiger charge is 2.14. The lowest BCUT2D eigenvalue weighted by molar-refractivity contribution is -0.134. The van der Waals surface area contributed by atoms with Gasteiger partial charge in [-0.15, -0.1) is 0 Å². The number of carbonyl (C=O) groups excluding carboxylic acids is 2. The molecule has 3 aromatic carbocycles. The van der Waals surface area contributed by atoms with Gasteiger partial charge in [-0.3, -0.25) is 9.59 Å². The highest BCUT2D eigenvalue weighted by molar-refractivity contribution is 6.09. The van der Waals surface area contributed by atoms with Crippen molar-refractivity contribution in [2.45, 2.75) is 46.0 Å². The summed E-state index contributed by atoms with van der Waals surface area (Å²) in [4.78, 5) is 24.8. The molecule has 166 valence electrons. The van der Waals surface area contributed by atoms with Gasteiger partial charge < -0.3 is 9.47 Å². The van der Waals surface area contributed by atoms with Crippen LogP contribution in [0.5, 0.6) is 11.5 Å². The maximum atomic E-state index is 12.6. The van der Waals surface area contributed by atoms with Crippen LogP contribution in [0.4, 0.5) is 0 Å². The normalized spacial score (nSPS) is 11.1. The second-order valence-electron chi connectivity index (χ2n) is 8.88. The van der Waals surface area contributed by atoms with Crippen molar-refractivity contribution < 1.29 is 19.1 Å². The first-order chi connectivity index (χ1) is 15.2. The number of rotatable bonds is 8. The van der Waals surface area contributed by atoms with E-state index >= 15 is 0 Å². The van der Waals surface area contributed by atoms with E-state index in [2.05, 4.69) is 32.9 Å². The summed E-state index contributed by atoms with van der Waals surface area (Å²) in [7, 11) is 0. The van der Waals surface area contributed by atoms with Gasteiger partial charge in [0.05, 0.1) is 6.61 Å². The molecule has 0 N–H and O–H groups in total. The van der Waals surface area contributed by atoms with Gasteiger partial charge in [-0.1, -0.05) is 63.2 Å². The van der Waals surface area contributed by atoms with E-state index in [0.29, 0.717) is 29.9 Å². The molecular weight excluding hydrogens is 400 g/mol. The van der Waals surface area contributed by atoms with Gasteiger partial charge in [0.15, 0.2) is 5.78 Å². The van der Waals surface area contributed by atoms with Gasteiger partial charge in [0.25, 0.3) is 0 Å². The van der Waals surface area contributed by atoms with Crippen molar-refractivity contribution in [3.05, 3.63) is 95.1 Å². The summed E-state index contributed by atoms with van der Waals surface area (Å²) in [6, 6.07) is 22.3. The fraction of sp³-hybridized carbons (Fsp3) is 0.286. The number of carbonyl (C=O) groups is 2. The average Bonchev–Trinajstić information content (AvgIpc) is 2.78. The quantitative estimate of drug-likeness (QED) is 0.182. The Bertz CT molecular complexity index is 1060. The third kappa shape index (κ3) is 6.30. The second kappa shape index (κ2) is 10.3. The van der Waals surface area contributed by atoms with E-state index in [4.69, 9.17) is 9.47 Å². The van der Waals surface area contributed by atoms with Crippen molar-refractivity contribution in [2.24, 2.45) is 0 Å². The summed E-state index contributed by atoms with van der Waals surface area (Å²) < 4.78 is 11.2. The van der Waals surface area contributed by atoms with Crippen molar-refractivity contribution >= 4 is 11.8 Å². The van der Waals surface area contributed by atoms with Crippen LogP contribution >= 0.6 is 0 Å². The van der Waals surface area contributed by atoms with Crippen molar-refractivity contribution in [1.82, 2.24) is 0 Å². The van der Waals surface area contributed by atoms with E-state index in [0.717, 1.165) is 11.3 Å². The Labute approximate surface area is 190 Å². The molecule has 0 atom stereocenters. The third-order valence-electron chi connectivity index (χ3n) is 5.21. The lowest BCUT2D eigenvalue weighted by Crippen LogP contribution is -2.12. The van der Waals surface area contributed by atoms with E-state index in [-0.39, 0.29) is 23.6 Å². The molecule has 0 spiro atoms. The zero-order valence-corrected chi connectivity index (χ0v) is 19.2. The summed E-state index contributed by atoms with van der Waals surface area (Å²) in [5.41, 5.74) is 3.30. The summed E-state index contributed by atoms with van der Waals surface area (Å²) in [5, 5.41) is 0. The van der Waals surface area contributed by atoms with E-state index in [1.165, 1.54) is 5.56 Å². The Balaban J connectivity index is 1.47. The Morgan fingerprint density at radius 1 is 0.844 bits per heavy atom. The monoisotopic (exact) mass is 430 g/mol. The molecular formula is C28H30O4. The lowest BCUT2D eigenvalue weighted by atomic mass is 9.87. The molecule has 0 unspecified atom stereocenters. The van der Waals surface area contributed by atoms with Gasteiger partial charge in [0.2, 0.25) is 0 Å². The third-order valence-corrected chi connectivity index (χ3v) is 5.21. The number of ether oxygens (including phenoxy) is 2. The molecule has 0 aliphatic carbocycles. The number of ketones is 1. The van der Waals surface area contributed by atoms with Crippen LogP contribution in [0.2, 0.25) is 0 Å². The minimum absolute atomic E-state index is 0.0562. The average molecular weight is 431 g/mol. The molecule has 0 heterocycles. The molecule has 0 aliphatic heterocycles. The number of hydrogen-bond acceptors (Lipinski definition) is 4. The van der Waals surface area contributed by atoms with Crippen LogP contribution in [-0.2, 0) is 10.2 Å². The molecule has 0 bridgehead atoms. The minimum Gasteiger partial charge on any atom is -0.494 e. The molecule has 0 amide bonds. The van der Waals surface area contributed by atoms with Crippen LogP contribution in [0.1, 0.15) is 60.7 Å². The molecule has 0 saturated carbocycles. The van der Waals surface area contributed by atoms with Crippen molar-refractivity contribution in [3.63, 3.8) is 0 Å². The molecule has 4 nitrogen and oxygen atoms in total. The molecule has 32 heavy (non-hydrogen) atoms. The summed E-state index contributed by atoms with van der Waals surface area (Å²) in [6.07, 6.45) is 0.813. The molecule has 3 aromatic rings. The predicted molar refractivity (Wildman–Crippen MR) is 127 cm³/mol. The first-order valence-corrected chi connectivity index (χ1v) is 10.9. The molecule has 3 rings (SSSR count). The van der Waals surface area contributed by atoms with Crippen molar-refractivity contribution in [1.29, 1.82) is 0 Å². The van der Waals surface area contributed by atoms with Gasteiger partial charge in [-0.25, -0.2) is 0 Å². The topological polar surface area (TPSA) is 52.6 Å². The maximum absolute atomic E-state index is 12.6. The fourth-order valence-electron chi connectivity index (χ4n) is 3.29. The SMILES string of the molecule is Cc1cc(C(=O)c2ccccc2)ccc1OC(=O)CCCOc1ccc(C(C)(C)C)cc1. The Morgan fingerprint density at radius 3 is 2.16 bits per heavy atom. The van der Waals surface area contributed by atoms with Crippen LogP contribution in [-0.4, -0.2) is 18.4 Å².